The van der Waals surface area contributed by atoms with Crippen molar-refractivity contribution in [2.24, 2.45) is 0 Å². The Labute approximate surface area is 131 Å². The van der Waals surface area contributed by atoms with E-state index in [1.165, 1.54) is 12.1 Å². The van der Waals surface area contributed by atoms with Crippen LogP contribution in [0.15, 0.2) is 70.5 Å². The maximum absolute atomic E-state index is 12.5. The summed E-state index contributed by atoms with van der Waals surface area (Å²) in [5.41, 5.74) is 0.703. The number of benzene rings is 2. The van der Waals surface area contributed by atoms with Gasteiger partial charge in [0.05, 0.1) is 4.90 Å². The lowest BCUT2D eigenvalue weighted by atomic mass is 10.2. The van der Waals surface area contributed by atoms with Gasteiger partial charge in [-0.3, -0.25) is 4.79 Å². The molecule has 2 aromatic rings. The van der Waals surface area contributed by atoms with E-state index in [9.17, 15) is 13.2 Å². The van der Waals surface area contributed by atoms with Crippen LogP contribution in [-0.4, -0.2) is 14.7 Å². The summed E-state index contributed by atoms with van der Waals surface area (Å²) in [5, 5.41) is 0. The molecule has 0 N–H and O–H groups in total. The Morgan fingerprint density at radius 2 is 1.40 bits per heavy atom. The summed E-state index contributed by atoms with van der Waals surface area (Å²) >= 11 is 1.89. The van der Waals surface area contributed by atoms with Crippen LogP contribution in [0.2, 0.25) is 0 Å². The van der Waals surface area contributed by atoms with Gasteiger partial charge in [0.15, 0.2) is 6.29 Å². The van der Waals surface area contributed by atoms with Crippen molar-refractivity contribution in [1.29, 1.82) is 0 Å². The van der Waals surface area contributed by atoms with Gasteiger partial charge < -0.3 is 0 Å². The van der Waals surface area contributed by atoms with E-state index in [-0.39, 0.29) is 9.80 Å². The third kappa shape index (κ3) is 2.99. The Kier molecular flexibility index (Phi) is 4.72. The van der Waals surface area contributed by atoms with Gasteiger partial charge in [-0.1, -0.05) is 48.5 Å². The molecule has 20 heavy (non-hydrogen) atoms. The van der Waals surface area contributed by atoms with Crippen LogP contribution in [0, 0.1) is 0 Å². The molecule has 0 radical (unpaired) electrons. The van der Waals surface area contributed by atoms with Crippen molar-refractivity contribution in [3.05, 3.63) is 71.1 Å². The van der Waals surface area contributed by atoms with Crippen LogP contribution >= 0.6 is 22.6 Å². The highest BCUT2D eigenvalue weighted by atomic mass is 127. The number of hydrogen-bond donors (Lipinski definition) is 0. The summed E-state index contributed by atoms with van der Waals surface area (Å²) in [6.07, 6.45) is 0.400. The van der Waals surface area contributed by atoms with Crippen LogP contribution in [0.5, 0.6) is 0 Å². The summed E-state index contributed by atoms with van der Waals surface area (Å²) in [6.45, 7) is 0. The minimum Gasteiger partial charge on any atom is -0.297 e. The van der Waals surface area contributed by atoms with E-state index >= 15 is 0 Å². The lowest BCUT2D eigenvalue weighted by molar-refractivity contribution is -0.104. The molecular formula is C15H11IO3S. The maximum Gasteiger partial charge on any atom is 0.210 e. The number of sulfone groups is 1. The molecule has 5 heteroatoms. The number of allylic oxidation sites excluding steroid dienone is 1. The summed E-state index contributed by atoms with van der Waals surface area (Å²) in [6, 6.07) is 16.9. The maximum atomic E-state index is 12.5. The lowest BCUT2D eigenvalue weighted by Crippen LogP contribution is -2.07. The highest BCUT2D eigenvalue weighted by Gasteiger charge is 2.23. The lowest BCUT2D eigenvalue weighted by Gasteiger charge is -2.07. The van der Waals surface area contributed by atoms with Crippen molar-refractivity contribution in [2.75, 3.05) is 0 Å². The second-order valence-corrected chi connectivity index (χ2v) is 6.98. The predicted octanol–water partition coefficient (Wildman–Crippen LogP) is 3.46. The molecule has 0 heterocycles. The quantitative estimate of drug-likeness (QED) is 0.450. The molecule has 0 aliphatic heterocycles. The Bertz CT molecular complexity index is 735. The zero-order valence-electron chi connectivity index (χ0n) is 10.4. The smallest absolute Gasteiger partial charge is 0.210 e. The van der Waals surface area contributed by atoms with Gasteiger partial charge in [0.25, 0.3) is 0 Å². The minimum atomic E-state index is -3.79. The van der Waals surface area contributed by atoms with Crippen LogP contribution in [0.4, 0.5) is 0 Å². The molecule has 2 aromatic carbocycles. The predicted molar refractivity (Wildman–Crippen MR) is 87.1 cm³/mol. The van der Waals surface area contributed by atoms with E-state index in [4.69, 9.17) is 0 Å². The minimum absolute atomic E-state index is 0.118. The van der Waals surface area contributed by atoms with Crippen molar-refractivity contribution < 1.29 is 13.2 Å². The monoisotopic (exact) mass is 398 g/mol. The van der Waals surface area contributed by atoms with Crippen LogP contribution in [0.25, 0.3) is 3.58 Å². The molecule has 0 aromatic heterocycles. The average molecular weight is 398 g/mol. The molecule has 0 saturated carbocycles. The fraction of sp³-hybridized carbons (Fsp3) is 0. The zero-order valence-corrected chi connectivity index (χ0v) is 13.3. The third-order valence-electron chi connectivity index (χ3n) is 2.69. The van der Waals surface area contributed by atoms with E-state index in [2.05, 4.69) is 0 Å². The molecule has 0 atom stereocenters. The molecule has 0 amide bonds. The Hall–Kier alpha value is -1.47. The number of rotatable bonds is 4. The van der Waals surface area contributed by atoms with Crippen molar-refractivity contribution in [3.8, 4) is 0 Å². The average Bonchev–Trinajstić information content (AvgIpc) is 2.49. The Balaban J connectivity index is 2.61. The number of carbonyl (C=O) groups is 1. The third-order valence-corrected chi connectivity index (χ3v) is 6.04. The van der Waals surface area contributed by atoms with Gasteiger partial charge >= 0.3 is 0 Å². The highest BCUT2D eigenvalue weighted by Crippen LogP contribution is 2.30. The molecule has 0 saturated heterocycles. The molecule has 0 bridgehead atoms. The van der Waals surface area contributed by atoms with Gasteiger partial charge in [-0.2, -0.15) is 0 Å². The molecule has 0 aliphatic rings. The van der Waals surface area contributed by atoms with Crippen molar-refractivity contribution >= 4 is 42.3 Å². The fourth-order valence-electron chi connectivity index (χ4n) is 1.69. The Morgan fingerprint density at radius 3 is 1.90 bits per heavy atom. The van der Waals surface area contributed by atoms with Crippen molar-refractivity contribution in [3.63, 3.8) is 0 Å². The second-order valence-electron chi connectivity index (χ2n) is 3.98. The van der Waals surface area contributed by atoms with Gasteiger partial charge in [-0.05, 0) is 40.3 Å². The molecule has 2 rings (SSSR count). The molecule has 0 fully saturated rings. The molecule has 102 valence electrons. The molecular weight excluding hydrogens is 387 g/mol. The zero-order chi connectivity index (χ0) is 14.6. The van der Waals surface area contributed by atoms with Gasteiger partial charge in [-0.25, -0.2) is 8.42 Å². The van der Waals surface area contributed by atoms with E-state index in [1.54, 1.807) is 42.5 Å². The number of aldehydes is 1. The van der Waals surface area contributed by atoms with Crippen LogP contribution in [0.1, 0.15) is 5.56 Å². The first-order valence-corrected chi connectivity index (χ1v) is 8.34. The van der Waals surface area contributed by atoms with Gasteiger partial charge in [0.2, 0.25) is 9.84 Å². The highest BCUT2D eigenvalue weighted by molar-refractivity contribution is 14.1. The first kappa shape index (κ1) is 14.9. The van der Waals surface area contributed by atoms with E-state index < -0.39 is 9.84 Å². The fourth-order valence-corrected chi connectivity index (χ4v) is 4.29. The standard InChI is InChI=1S/C15H11IO3S/c16-15(12-7-3-1-4-8-12)14(11-17)20(18,19)13-9-5-2-6-10-13/h1-11H/b15-14+. The summed E-state index contributed by atoms with van der Waals surface area (Å²) in [4.78, 5) is 11.2. The number of hydrogen-bond acceptors (Lipinski definition) is 3. The van der Waals surface area contributed by atoms with Crippen LogP contribution in [0.3, 0.4) is 0 Å². The molecule has 3 nitrogen and oxygen atoms in total. The van der Waals surface area contributed by atoms with Gasteiger partial charge in [0, 0.05) is 3.58 Å². The molecule has 0 aliphatic carbocycles. The van der Waals surface area contributed by atoms with Gasteiger partial charge in [-0.15, -0.1) is 0 Å². The van der Waals surface area contributed by atoms with Gasteiger partial charge in [0.1, 0.15) is 4.91 Å². The van der Waals surface area contributed by atoms with Crippen LogP contribution in [-0.2, 0) is 14.6 Å². The van der Waals surface area contributed by atoms with Crippen molar-refractivity contribution in [2.45, 2.75) is 4.90 Å². The molecule has 0 spiro atoms. The van der Waals surface area contributed by atoms with E-state index in [0.717, 1.165) is 0 Å². The summed E-state index contributed by atoms with van der Waals surface area (Å²) < 4.78 is 25.4. The first-order chi connectivity index (χ1) is 9.57. The number of halogens is 1. The van der Waals surface area contributed by atoms with E-state index in [0.29, 0.717) is 15.4 Å². The topological polar surface area (TPSA) is 51.2 Å². The summed E-state index contributed by atoms with van der Waals surface area (Å²) in [7, 11) is -3.79. The summed E-state index contributed by atoms with van der Waals surface area (Å²) in [5.74, 6) is 0. The second kappa shape index (κ2) is 6.32. The SMILES string of the molecule is O=C/C(=C(\I)c1ccccc1)S(=O)(=O)c1ccccc1. The molecule has 0 unspecified atom stereocenters. The van der Waals surface area contributed by atoms with E-state index in [1.807, 2.05) is 28.7 Å². The number of carbonyl (C=O) groups excluding carboxylic acids is 1. The Morgan fingerprint density at radius 1 is 0.900 bits per heavy atom. The van der Waals surface area contributed by atoms with Crippen LogP contribution < -0.4 is 0 Å². The normalized spacial score (nSPS) is 12.7. The first-order valence-electron chi connectivity index (χ1n) is 5.78. The largest absolute Gasteiger partial charge is 0.297 e. The van der Waals surface area contributed by atoms with Crippen molar-refractivity contribution in [1.82, 2.24) is 0 Å².